The molecule has 1 atom stereocenters. The van der Waals surface area contributed by atoms with Crippen molar-refractivity contribution in [1.29, 1.82) is 0 Å². The molecule has 1 N–H and O–H groups in total. The monoisotopic (exact) mass is 265 g/mol. The summed E-state index contributed by atoms with van der Waals surface area (Å²) < 4.78 is 28.1. The van der Waals surface area contributed by atoms with Crippen molar-refractivity contribution in [2.75, 3.05) is 13.3 Å². The van der Waals surface area contributed by atoms with Crippen LogP contribution in [-0.4, -0.2) is 21.7 Å². The molecule has 2 rings (SSSR count). The molecule has 18 heavy (non-hydrogen) atoms. The molecule has 0 bridgehead atoms. The Morgan fingerprint density at radius 2 is 2.00 bits per heavy atom. The van der Waals surface area contributed by atoms with Gasteiger partial charge in [0, 0.05) is 11.8 Å². The Labute approximate surface area is 107 Å². The third kappa shape index (κ3) is 2.63. The predicted octanol–water partition coefficient (Wildman–Crippen LogP) is 1.99. The maximum Gasteiger partial charge on any atom is 0.175 e. The normalized spacial score (nSPS) is 13.4. The molecule has 0 spiro atoms. The van der Waals surface area contributed by atoms with Gasteiger partial charge in [0.05, 0.1) is 23.5 Å². The van der Waals surface area contributed by atoms with Crippen LogP contribution < -0.4 is 5.32 Å². The highest BCUT2D eigenvalue weighted by Crippen LogP contribution is 2.24. The summed E-state index contributed by atoms with van der Waals surface area (Å²) in [6, 6.07) is 8.70. The van der Waals surface area contributed by atoms with Gasteiger partial charge in [0.2, 0.25) is 0 Å². The van der Waals surface area contributed by atoms with E-state index in [4.69, 9.17) is 4.42 Å². The molecule has 0 aliphatic heterocycles. The second-order valence-corrected chi connectivity index (χ2v) is 6.14. The van der Waals surface area contributed by atoms with E-state index < -0.39 is 9.84 Å². The summed E-state index contributed by atoms with van der Waals surface area (Å²) in [5.41, 5.74) is 1.85. The van der Waals surface area contributed by atoms with Crippen LogP contribution >= 0.6 is 0 Å². The molecule has 0 aliphatic carbocycles. The SMILES string of the molecule is CNC(c1ccoc1)c1cccc(S(C)(=O)=O)c1. The van der Waals surface area contributed by atoms with Gasteiger partial charge in [0.1, 0.15) is 0 Å². The van der Waals surface area contributed by atoms with E-state index in [2.05, 4.69) is 5.32 Å². The fourth-order valence-electron chi connectivity index (χ4n) is 1.89. The largest absolute Gasteiger partial charge is 0.472 e. The van der Waals surface area contributed by atoms with Gasteiger partial charge in [-0.15, -0.1) is 0 Å². The second-order valence-electron chi connectivity index (χ2n) is 4.12. The lowest BCUT2D eigenvalue weighted by atomic mass is 10.0. The quantitative estimate of drug-likeness (QED) is 0.918. The fourth-order valence-corrected chi connectivity index (χ4v) is 2.57. The Morgan fingerprint density at radius 1 is 1.22 bits per heavy atom. The summed E-state index contributed by atoms with van der Waals surface area (Å²) in [6.45, 7) is 0. The van der Waals surface area contributed by atoms with Crippen LogP contribution in [0, 0.1) is 0 Å². The van der Waals surface area contributed by atoms with E-state index in [0.717, 1.165) is 11.1 Å². The Morgan fingerprint density at radius 3 is 2.56 bits per heavy atom. The average molecular weight is 265 g/mol. The van der Waals surface area contributed by atoms with Crippen LogP contribution in [-0.2, 0) is 9.84 Å². The van der Waals surface area contributed by atoms with Gasteiger partial charge in [-0.3, -0.25) is 0 Å². The standard InChI is InChI=1S/C13H15NO3S/c1-14-13(11-6-7-17-9-11)10-4-3-5-12(8-10)18(2,15)16/h3-9,13-14H,1-2H3. The van der Waals surface area contributed by atoms with Crippen LogP contribution in [0.4, 0.5) is 0 Å². The lowest BCUT2D eigenvalue weighted by Gasteiger charge is -2.15. The maximum atomic E-state index is 11.5. The maximum absolute atomic E-state index is 11.5. The number of rotatable bonds is 4. The molecule has 1 unspecified atom stereocenters. The molecule has 1 heterocycles. The van der Waals surface area contributed by atoms with Crippen molar-refractivity contribution in [1.82, 2.24) is 5.32 Å². The Hall–Kier alpha value is -1.59. The zero-order chi connectivity index (χ0) is 13.2. The van der Waals surface area contributed by atoms with Crippen molar-refractivity contribution in [2.45, 2.75) is 10.9 Å². The van der Waals surface area contributed by atoms with Crippen LogP contribution in [0.25, 0.3) is 0 Å². The van der Waals surface area contributed by atoms with E-state index in [0.29, 0.717) is 4.90 Å². The lowest BCUT2D eigenvalue weighted by molar-refractivity contribution is 0.557. The van der Waals surface area contributed by atoms with Crippen molar-refractivity contribution in [2.24, 2.45) is 0 Å². The van der Waals surface area contributed by atoms with Crippen molar-refractivity contribution < 1.29 is 12.8 Å². The molecule has 0 amide bonds. The smallest absolute Gasteiger partial charge is 0.175 e. The van der Waals surface area contributed by atoms with Gasteiger partial charge in [0.15, 0.2) is 9.84 Å². The van der Waals surface area contributed by atoms with Crippen LogP contribution in [0.1, 0.15) is 17.2 Å². The Balaban J connectivity index is 2.44. The van der Waals surface area contributed by atoms with E-state index >= 15 is 0 Å². The molecular weight excluding hydrogens is 250 g/mol. The summed E-state index contributed by atoms with van der Waals surface area (Å²) in [7, 11) is -1.36. The number of furan rings is 1. The van der Waals surface area contributed by atoms with Gasteiger partial charge in [-0.25, -0.2) is 8.42 Å². The van der Waals surface area contributed by atoms with Gasteiger partial charge >= 0.3 is 0 Å². The number of hydrogen-bond donors (Lipinski definition) is 1. The van der Waals surface area contributed by atoms with Crippen molar-refractivity contribution in [3.05, 3.63) is 54.0 Å². The summed E-state index contributed by atoms with van der Waals surface area (Å²) in [4.78, 5) is 0.323. The molecule has 96 valence electrons. The highest BCUT2D eigenvalue weighted by Gasteiger charge is 2.15. The molecule has 0 saturated carbocycles. The van der Waals surface area contributed by atoms with Crippen LogP contribution in [0.3, 0.4) is 0 Å². The third-order valence-corrected chi connectivity index (χ3v) is 3.90. The molecule has 0 radical (unpaired) electrons. The van der Waals surface area contributed by atoms with Crippen molar-refractivity contribution >= 4 is 9.84 Å². The first-order valence-corrected chi connectivity index (χ1v) is 7.41. The average Bonchev–Trinajstić information content (AvgIpc) is 2.83. The molecule has 1 aromatic heterocycles. The van der Waals surface area contributed by atoms with E-state index in [1.165, 1.54) is 6.26 Å². The van der Waals surface area contributed by atoms with Gasteiger partial charge in [-0.2, -0.15) is 0 Å². The van der Waals surface area contributed by atoms with Gasteiger partial charge in [-0.1, -0.05) is 12.1 Å². The van der Waals surface area contributed by atoms with Crippen LogP contribution in [0.15, 0.2) is 52.2 Å². The second kappa shape index (κ2) is 4.96. The van der Waals surface area contributed by atoms with Crippen molar-refractivity contribution in [3.8, 4) is 0 Å². The highest BCUT2D eigenvalue weighted by atomic mass is 32.2. The molecule has 1 aromatic carbocycles. The third-order valence-electron chi connectivity index (χ3n) is 2.78. The van der Waals surface area contributed by atoms with Gasteiger partial charge in [-0.05, 0) is 30.8 Å². The number of benzene rings is 1. The molecule has 0 aliphatic rings. The zero-order valence-electron chi connectivity index (χ0n) is 10.3. The number of hydrogen-bond acceptors (Lipinski definition) is 4. The minimum absolute atomic E-state index is 0.0783. The van der Waals surface area contributed by atoms with Gasteiger partial charge < -0.3 is 9.73 Å². The lowest BCUT2D eigenvalue weighted by Crippen LogP contribution is -2.17. The first kappa shape index (κ1) is 12.9. The summed E-state index contributed by atoms with van der Waals surface area (Å²) >= 11 is 0. The van der Waals surface area contributed by atoms with Crippen LogP contribution in [0.2, 0.25) is 0 Å². The minimum Gasteiger partial charge on any atom is -0.472 e. The molecule has 5 heteroatoms. The van der Waals surface area contributed by atoms with Crippen LogP contribution in [0.5, 0.6) is 0 Å². The molecule has 0 saturated heterocycles. The molecule has 4 nitrogen and oxygen atoms in total. The number of sulfone groups is 1. The van der Waals surface area contributed by atoms with E-state index in [-0.39, 0.29) is 6.04 Å². The minimum atomic E-state index is -3.19. The Bertz CT molecular complexity index is 617. The molecule has 0 fully saturated rings. The predicted molar refractivity (Wildman–Crippen MR) is 69.2 cm³/mol. The summed E-state index contributed by atoms with van der Waals surface area (Å²) in [6.07, 6.45) is 4.45. The fraction of sp³-hybridized carbons (Fsp3) is 0.231. The van der Waals surface area contributed by atoms with Gasteiger partial charge in [0.25, 0.3) is 0 Å². The zero-order valence-corrected chi connectivity index (χ0v) is 11.1. The van der Waals surface area contributed by atoms with Crippen molar-refractivity contribution in [3.63, 3.8) is 0 Å². The first-order valence-electron chi connectivity index (χ1n) is 5.52. The molecular formula is C13H15NO3S. The highest BCUT2D eigenvalue weighted by molar-refractivity contribution is 7.90. The summed E-state index contributed by atoms with van der Waals surface area (Å²) in [5, 5.41) is 3.14. The van der Waals surface area contributed by atoms with E-state index in [1.807, 2.05) is 19.2 Å². The Kier molecular flexibility index (Phi) is 3.54. The number of nitrogens with one attached hydrogen (secondary N) is 1. The van der Waals surface area contributed by atoms with E-state index in [9.17, 15) is 8.42 Å². The van der Waals surface area contributed by atoms with E-state index in [1.54, 1.807) is 30.7 Å². The molecule has 2 aromatic rings. The summed E-state index contributed by atoms with van der Waals surface area (Å²) in [5.74, 6) is 0. The topological polar surface area (TPSA) is 59.3 Å². The first-order chi connectivity index (χ1) is 8.52.